The Bertz CT molecular complexity index is 403. The van der Waals surface area contributed by atoms with Crippen molar-refractivity contribution >= 4 is 12.1 Å². The van der Waals surface area contributed by atoms with Gasteiger partial charge in [0.05, 0.1) is 7.11 Å². The topological polar surface area (TPSA) is 59.1 Å². The number of carbonyl (C=O) groups excluding carboxylic acids is 2. The van der Waals surface area contributed by atoms with Gasteiger partial charge in [0, 0.05) is 25.7 Å². The maximum Gasteiger partial charge on any atom is 0.410 e. The van der Waals surface area contributed by atoms with Crippen LogP contribution >= 0.6 is 0 Å². The SMILES string of the molecule is COC(=O)[C@H](C(C)C)N1CCN(C(=O)OC(C)(C)C)[C@@H](C)C1. The highest BCUT2D eigenvalue weighted by Gasteiger charge is 2.37. The van der Waals surface area contributed by atoms with Crippen molar-refractivity contribution in [1.82, 2.24) is 9.80 Å². The maximum atomic E-state index is 12.2. The second-order valence-electron chi connectivity index (χ2n) is 7.23. The minimum absolute atomic E-state index is 0.00509. The smallest absolute Gasteiger partial charge is 0.410 e. The fourth-order valence-electron chi connectivity index (χ4n) is 2.79. The molecule has 2 atom stereocenters. The molecule has 0 spiro atoms. The van der Waals surface area contributed by atoms with Gasteiger partial charge in [0.15, 0.2) is 0 Å². The molecule has 0 aromatic heterocycles. The van der Waals surface area contributed by atoms with Gasteiger partial charge in [-0.05, 0) is 33.6 Å². The zero-order valence-electron chi connectivity index (χ0n) is 14.9. The van der Waals surface area contributed by atoms with Crippen molar-refractivity contribution in [3.05, 3.63) is 0 Å². The molecule has 0 N–H and O–H groups in total. The van der Waals surface area contributed by atoms with Crippen molar-refractivity contribution in [2.24, 2.45) is 5.92 Å². The van der Waals surface area contributed by atoms with E-state index in [0.29, 0.717) is 19.6 Å². The van der Waals surface area contributed by atoms with E-state index in [1.807, 2.05) is 41.5 Å². The zero-order valence-corrected chi connectivity index (χ0v) is 14.9. The first kappa shape index (κ1) is 18.7. The quantitative estimate of drug-likeness (QED) is 0.747. The van der Waals surface area contributed by atoms with Gasteiger partial charge in [-0.15, -0.1) is 0 Å². The first-order valence-electron chi connectivity index (χ1n) is 7.88. The van der Waals surface area contributed by atoms with Crippen molar-refractivity contribution in [2.45, 2.75) is 59.2 Å². The summed E-state index contributed by atoms with van der Waals surface area (Å²) in [5.41, 5.74) is -0.500. The summed E-state index contributed by atoms with van der Waals surface area (Å²) in [6.45, 7) is 13.4. The molecule has 1 saturated heterocycles. The first-order valence-corrected chi connectivity index (χ1v) is 7.88. The van der Waals surface area contributed by atoms with Crippen molar-refractivity contribution in [3.8, 4) is 0 Å². The second kappa shape index (κ2) is 7.31. The molecule has 1 rings (SSSR count). The summed E-state index contributed by atoms with van der Waals surface area (Å²) in [4.78, 5) is 28.0. The van der Waals surface area contributed by atoms with Crippen molar-refractivity contribution < 1.29 is 19.1 Å². The number of carbonyl (C=O) groups is 2. The second-order valence-corrected chi connectivity index (χ2v) is 7.23. The normalized spacial score (nSPS) is 21.6. The van der Waals surface area contributed by atoms with Crippen LogP contribution in [-0.2, 0) is 14.3 Å². The van der Waals surface area contributed by atoms with E-state index in [9.17, 15) is 9.59 Å². The number of hydrogen-bond acceptors (Lipinski definition) is 5. The third-order valence-corrected chi connectivity index (χ3v) is 3.75. The van der Waals surface area contributed by atoms with E-state index in [0.717, 1.165) is 0 Å². The monoisotopic (exact) mass is 314 g/mol. The summed E-state index contributed by atoms with van der Waals surface area (Å²) in [6.07, 6.45) is -0.293. The van der Waals surface area contributed by atoms with Crippen LogP contribution in [0.5, 0.6) is 0 Å². The predicted molar refractivity (Wildman–Crippen MR) is 84.6 cm³/mol. The summed E-state index contributed by atoms with van der Waals surface area (Å²) >= 11 is 0. The number of amides is 1. The highest BCUT2D eigenvalue weighted by Crippen LogP contribution is 2.20. The minimum Gasteiger partial charge on any atom is -0.468 e. The molecule has 0 radical (unpaired) electrons. The Morgan fingerprint density at radius 1 is 1.18 bits per heavy atom. The molecule has 6 heteroatoms. The molecule has 0 aliphatic carbocycles. The summed E-state index contributed by atoms with van der Waals surface area (Å²) in [6, 6.07) is -0.275. The molecule has 0 saturated carbocycles. The highest BCUT2D eigenvalue weighted by atomic mass is 16.6. The van der Waals surface area contributed by atoms with Gasteiger partial charge in [-0.25, -0.2) is 4.79 Å². The number of esters is 1. The lowest BCUT2D eigenvalue weighted by Gasteiger charge is -2.43. The number of hydrogen-bond donors (Lipinski definition) is 0. The lowest BCUT2D eigenvalue weighted by atomic mass is 10.0. The van der Waals surface area contributed by atoms with Crippen molar-refractivity contribution in [1.29, 1.82) is 0 Å². The Morgan fingerprint density at radius 2 is 1.77 bits per heavy atom. The average Bonchev–Trinajstić information content (AvgIpc) is 2.36. The summed E-state index contributed by atoms with van der Waals surface area (Å²) in [5, 5.41) is 0. The Hall–Kier alpha value is -1.30. The van der Waals surface area contributed by atoms with E-state index in [-0.39, 0.29) is 30.1 Å². The molecule has 1 aliphatic rings. The van der Waals surface area contributed by atoms with E-state index >= 15 is 0 Å². The van der Waals surface area contributed by atoms with Crippen LogP contribution in [0.3, 0.4) is 0 Å². The Balaban J connectivity index is 2.72. The molecule has 1 heterocycles. The Labute approximate surface area is 133 Å². The molecule has 22 heavy (non-hydrogen) atoms. The number of rotatable bonds is 3. The van der Waals surface area contributed by atoms with E-state index in [1.165, 1.54) is 7.11 Å². The van der Waals surface area contributed by atoms with Gasteiger partial charge in [-0.1, -0.05) is 13.8 Å². The van der Waals surface area contributed by atoms with E-state index in [4.69, 9.17) is 9.47 Å². The van der Waals surface area contributed by atoms with E-state index in [2.05, 4.69) is 4.90 Å². The maximum absolute atomic E-state index is 12.2. The predicted octanol–water partition coefficient (Wildman–Crippen LogP) is 2.13. The third-order valence-electron chi connectivity index (χ3n) is 3.75. The van der Waals surface area contributed by atoms with Gasteiger partial charge < -0.3 is 14.4 Å². The van der Waals surface area contributed by atoms with Gasteiger partial charge in [0.1, 0.15) is 11.6 Å². The largest absolute Gasteiger partial charge is 0.468 e. The van der Waals surface area contributed by atoms with Crippen molar-refractivity contribution in [2.75, 3.05) is 26.7 Å². The third kappa shape index (κ3) is 4.87. The van der Waals surface area contributed by atoms with Crippen LogP contribution < -0.4 is 0 Å². The van der Waals surface area contributed by atoms with E-state index in [1.54, 1.807) is 4.90 Å². The molecule has 0 bridgehead atoms. The molecular weight excluding hydrogens is 284 g/mol. The van der Waals surface area contributed by atoms with Crippen LogP contribution in [0.2, 0.25) is 0 Å². The molecular formula is C16H30N2O4. The van der Waals surface area contributed by atoms with Gasteiger partial charge in [-0.3, -0.25) is 9.69 Å². The molecule has 0 aromatic carbocycles. The average molecular weight is 314 g/mol. The van der Waals surface area contributed by atoms with Crippen LogP contribution in [-0.4, -0.2) is 66.3 Å². The Morgan fingerprint density at radius 3 is 2.18 bits per heavy atom. The van der Waals surface area contributed by atoms with E-state index < -0.39 is 5.60 Å². The summed E-state index contributed by atoms with van der Waals surface area (Å²) in [7, 11) is 1.41. The van der Waals surface area contributed by atoms with Gasteiger partial charge in [0.25, 0.3) is 0 Å². The van der Waals surface area contributed by atoms with Gasteiger partial charge in [0.2, 0.25) is 0 Å². The summed E-state index contributed by atoms with van der Waals surface area (Å²) < 4.78 is 10.4. The lowest BCUT2D eigenvalue weighted by molar-refractivity contribution is -0.150. The number of methoxy groups -OCH3 is 1. The van der Waals surface area contributed by atoms with Crippen LogP contribution in [0.15, 0.2) is 0 Å². The minimum atomic E-state index is -0.500. The molecule has 0 unspecified atom stereocenters. The molecule has 1 amide bonds. The lowest BCUT2D eigenvalue weighted by Crippen LogP contribution is -2.59. The molecule has 0 aromatic rings. The van der Waals surface area contributed by atoms with Crippen LogP contribution in [0.1, 0.15) is 41.5 Å². The number of ether oxygens (including phenoxy) is 2. The Kier molecular flexibility index (Phi) is 6.23. The summed E-state index contributed by atoms with van der Waals surface area (Å²) in [5.74, 6) is -0.0550. The fourth-order valence-corrected chi connectivity index (χ4v) is 2.79. The zero-order chi connectivity index (χ0) is 17.1. The standard InChI is InChI=1S/C16H30N2O4/c1-11(2)13(14(19)21-7)17-8-9-18(12(3)10-17)15(20)22-16(4,5)6/h11-13H,8-10H2,1-7H3/t12-,13-/m0/s1. The van der Waals surface area contributed by atoms with Crippen molar-refractivity contribution in [3.63, 3.8) is 0 Å². The first-order chi connectivity index (χ1) is 10.1. The molecule has 6 nitrogen and oxygen atoms in total. The highest BCUT2D eigenvalue weighted by molar-refractivity contribution is 5.76. The van der Waals surface area contributed by atoms with Gasteiger partial charge >= 0.3 is 12.1 Å². The molecule has 128 valence electrons. The molecule has 1 aliphatic heterocycles. The molecule has 1 fully saturated rings. The fraction of sp³-hybridized carbons (Fsp3) is 0.875. The van der Waals surface area contributed by atoms with Crippen LogP contribution in [0.4, 0.5) is 4.79 Å². The number of piperazine rings is 1. The number of nitrogens with zero attached hydrogens (tertiary/aromatic N) is 2. The van der Waals surface area contributed by atoms with Crippen LogP contribution in [0.25, 0.3) is 0 Å². The van der Waals surface area contributed by atoms with Crippen LogP contribution in [0, 0.1) is 5.92 Å². The van der Waals surface area contributed by atoms with Gasteiger partial charge in [-0.2, -0.15) is 0 Å².